The molecule has 0 spiro atoms. The molecule has 7 heteroatoms. The molecular weight excluding hydrogens is 400 g/mol. The predicted molar refractivity (Wildman–Crippen MR) is 116 cm³/mol. The van der Waals surface area contributed by atoms with Crippen molar-refractivity contribution in [3.63, 3.8) is 0 Å². The van der Waals surface area contributed by atoms with Crippen molar-refractivity contribution in [3.8, 4) is 11.3 Å². The van der Waals surface area contributed by atoms with Crippen LogP contribution in [0, 0.1) is 6.92 Å². The molecule has 0 aliphatic rings. The highest BCUT2D eigenvalue weighted by atomic mass is 32.2. The van der Waals surface area contributed by atoms with Crippen molar-refractivity contribution in [3.05, 3.63) is 72.0 Å². The lowest BCUT2D eigenvalue weighted by atomic mass is 10.1. The van der Waals surface area contributed by atoms with E-state index in [0.29, 0.717) is 19.4 Å². The van der Waals surface area contributed by atoms with Gasteiger partial charge in [0.25, 0.3) is 0 Å². The topological polar surface area (TPSA) is 80.5 Å². The lowest BCUT2D eigenvalue weighted by Gasteiger charge is -2.16. The Bertz CT molecular complexity index is 1070. The highest BCUT2D eigenvalue weighted by molar-refractivity contribution is 7.91. The van der Waals surface area contributed by atoms with E-state index in [9.17, 15) is 13.2 Å². The maximum atomic E-state index is 12.4. The molecule has 2 aromatic carbocycles. The van der Waals surface area contributed by atoms with Gasteiger partial charge in [0.15, 0.2) is 9.84 Å². The summed E-state index contributed by atoms with van der Waals surface area (Å²) in [4.78, 5) is 14.2. The number of aromatic nitrogens is 1. The molecule has 0 saturated carbocycles. The molecule has 1 aromatic heterocycles. The van der Waals surface area contributed by atoms with Crippen LogP contribution in [0.4, 0.5) is 0 Å². The first-order valence-corrected chi connectivity index (χ1v) is 11.5. The first kappa shape index (κ1) is 21.8. The number of carbonyl (C=O) groups excluding carboxylic acids is 1. The monoisotopic (exact) mass is 426 g/mol. The van der Waals surface area contributed by atoms with Crippen LogP contribution in [0.1, 0.15) is 24.2 Å². The standard InChI is InChI=1S/C23H26N2O4S/c1-18-10-12-21(13-11-18)30(27,28)16-14-23(26)25(2)15-6-9-20-17-22(24-29-20)19-7-4-3-5-8-19/h3-5,7-8,10-13,17H,6,9,14-16H2,1-2H3. The Morgan fingerprint density at radius 3 is 2.47 bits per heavy atom. The predicted octanol–water partition coefficient (Wildman–Crippen LogP) is 3.91. The molecule has 1 amide bonds. The Morgan fingerprint density at radius 2 is 1.77 bits per heavy atom. The molecule has 1 heterocycles. The third kappa shape index (κ3) is 5.79. The first-order valence-electron chi connectivity index (χ1n) is 9.89. The Morgan fingerprint density at radius 1 is 1.07 bits per heavy atom. The summed E-state index contributed by atoms with van der Waals surface area (Å²) >= 11 is 0. The van der Waals surface area contributed by atoms with Crippen molar-refractivity contribution in [1.82, 2.24) is 10.1 Å². The Hall–Kier alpha value is -2.93. The number of carbonyl (C=O) groups is 1. The van der Waals surface area contributed by atoms with Crippen LogP contribution in [-0.2, 0) is 21.1 Å². The fourth-order valence-corrected chi connectivity index (χ4v) is 4.30. The molecule has 0 atom stereocenters. The summed E-state index contributed by atoms with van der Waals surface area (Å²) in [5.74, 6) is 0.381. The van der Waals surface area contributed by atoms with Crippen molar-refractivity contribution in [2.75, 3.05) is 19.3 Å². The molecule has 6 nitrogen and oxygen atoms in total. The molecule has 0 bridgehead atoms. The molecule has 3 aromatic rings. The van der Waals surface area contributed by atoms with Gasteiger partial charge >= 0.3 is 0 Å². The smallest absolute Gasteiger partial charge is 0.223 e. The molecule has 0 aliphatic carbocycles. The molecule has 0 N–H and O–H groups in total. The number of aryl methyl sites for hydroxylation is 2. The van der Waals surface area contributed by atoms with E-state index in [1.807, 2.05) is 43.3 Å². The van der Waals surface area contributed by atoms with Crippen LogP contribution in [0.5, 0.6) is 0 Å². The molecule has 0 unspecified atom stereocenters. The van der Waals surface area contributed by atoms with Crippen LogP contribution in [-0.4, -0.2) is 43.7 Å². The van der Waals surface area contributed by atoms with Crippen LogP contribution < -0.4 is 0 Å². The van der Waals surface area contributed by atoms with Crippen molar-refractivity contribution >= 4 is 15.7 Å². The second-order valence-corrected chi connectivity index (χ2v) is 9.45. The summed E-state index contributed by atoms with van der Waals surface area (Å²) < 4.78 is 30.2. The van der Waals surface area contributed by atoms with Gasteiger partial charge in [-0.1, -0.05) is 53.2 Å². The quantitative estimate of drug-likeness (QED) is 0.518. The Labute approximate surface area is 177 Å². The fraction of sp³-hybridized carbons (Fsp3) is 0.304. The summed E-state index contributed by atoms with van der Waals surface area (Å²) in [6.45, 7) is 2.42. The average Bonchev–Trinajstić information content (AvgIpc) is 3.22. The summed E-state index contributed by atoms with van der Waals surface area (Å²) in [7, 11) is -1.77. The van der Waals surface area contributed by atoms with E-state index in [0.717, 1.165) is 22.6 Å². The third-order valence-electron chi connectivity index (χ3n) is 4.94. The summed E-state index contributed by atoms with van der Waals surface area (Å²) in [6, 6.07) is 18.4. The zero-order valence-corrected chi connectivity index (χ0v) is 18.1. The molecule has 0 saturated heterocycles. The Balaban J connectivity index is 1.45. The minimum atomic E-state index is -3.46. The number of benzene rings is 2. The van der Waals surface area contributed by atoms with Crippen molar-refractivity contribution < 1.29 is 17.7 Å². The zero-order valence-electron chi connectivity index (χ0n) is 17.2. The molecule has 3 rings (SSSR count). The SMILES string of the molecule is Cc1ccc(S(=O)(=O)CCC(=O)N(C)CCCc2cc(-c3ccccc3)no2)cc1. The minimum absolute atomic E-state index is 0.0346. The van der Waals surface area contributed by atoms with E-state index in [1.165, 1.54) is 0 Å². The van der Waals surface area contributed by atoms with Crippen LogP contribution in [0.3, 0.4) is 0 Å². The average molecular weight is 427 g/mol. The highest BCUT2D eigenvalue weighted by Gasteiger charge is 2.18. The largest absolute Gasteiger partial charge is 0.361 e. The van der Waals surface area contributed by atoms with E-state index in [-0.39, 0.29) is 23.0 Å². The summed E-state index contributed by atoms with van der Waals surface area (Å²) in [5, 5.41) is 4.09. The summed E-state index contributed by atoms with van der Waals surface area (Å²) in [6.07, 6.45) is 1.32. The van der Waals surface area contributed by atoms with E-state index in [2.05, 4.69) is 5.16 Å². The van der Waals surface area contributed by atoms with Gasteiger partial charge in [0.1, 0.15) is 11.5 Å². The summed E-state index contributed by atoms with van der Waals surface area (Å²) in [5.41, 5.74) is 2.78. The van der Waals surface area contributed by atoms with Crippen molar-refractivity contribution in [2.45, 2.75) is 31.1 Å². The fourth-order valence-electron chi connectivity index (χ4n) is 3.07. The van der Waals surface area contributed by atoms with Crippen LogP contribution in [0.25, 0.3) is 11.3 Å². The van der Waals surface area contributed by atoms with Gasteiger partial charge in [-0.25, -0.2) is 8.42 Å². The minimum Gasteiger partial charge on any atom is -0.361 e. The van der Waals surface area contributed by atoms with E-state index < -0.39 is 9.84 Å². The molecule has 0 aliphatic heterocycles. The lowest BCUT2D eigenvalue weighted by molar-refractivity contribution is -0.129. The molecule has 158 valence electrons. The maximum absolute atomic E-state index is 12.4. The van der Waals surface area contributed by atoms with Crippen LogP contribution in [0.2, 0.25) is 0 Å². The number of hydrogen-bond acceptors (Lipinski definition) is 5. The Kier molecular flexibility index (Phi) is 7.05. The van der Waals surface area contributed by atoms with Gasteiger partial charge in [0, 0.05) is 38.1 Å². The van der Waals surface area contributed by atoms with Crippen molar-refractivity contribution in [2.24, 2.45) is 0 Å². The van der Waals surface area contributed by atoms with Gasteiger partial charge in [-0.15, -0.1) is 0 Å². The number of rotatable bonds is 9. The van der Waals surface area contributed by atoms with Gasteiger partial charge < -0.3 is 9.42 Å². The molecule has 0 fully saturated rings. The van der Waals surface area contributed by atoms with E-state index >= 15 is 0 Å². The van der Waals surface area contributed by atoms with E-state index in [4.69, 9.17) is 4.52 Å². The second-order valence-electron chi connectivity index (χ2n) is 7.35. The highest BCUT2D eigenvalue weighted by Crippen LogP contribution is 2.19. The molecule has 30 heavy (non-hydrogen) atoms. The lowest BCUT2D eigenvalue weighted by Crippen LogP contribution is -2.29. The number of amides is 1. The van der Waals surface area contributed by atoms with Gasteiger partial charge in [-0.3, -0.25) is 4.79 Å². The normalized spacial score (nSPS) is 11.4. The maximum Gasteiger partial charge on any atom is 0.223 e. The zero-order chi connectivity index (χ0) is 21.6. The third-order valence-corrected chi connectivity index (χ3v) is 6.67. The number of nitrogens with zero attached hydrogens (tertiary/aromatic N) is 2. The van der Waals surface area contributed by atoms with Crippen LogP contribution >= 0.6 is 0 Å². The molecule has 0 radical (unpaired) electrons. The van der Waals surface area contributed by atoms with Gasteiger partial charge in [-0.2, -0.15) is 0 Å². The second kappa shape index (κ2) is 9.71. The number of hydrogen-bond donors (Lipinski definition) is 0. The van der Waals surface area contributed by atoms with Crippen molar-refractivity contribution in [1.29, 1.82) is 0 Å². The molecular formula is C23H26N2O4S. The van der Waals surface area contributed by atoms with Crippen LogP contribution in [0.15, 0.2) is 70.1 Å². The first-order chi connectivity index (χ1) is 14.3. The van der Waals surface area contributed by atoms with Gasteiger partial charge in [0.05, 0.1) is 10.6 Å². The van der Waals surface area contributed by atoms with E-state index in [1.54, 1.807) is 36.2 Å². The number of sulfone groups is 1. The van der Waals surface area contributed by atoms with Gasteiger partial charge in [-0.05, 0) is 25.5 Å². The van der Waals surface area contributed by atoms with Gasteiger partial charge in [0.2, 0.25) is 5.91 Å².